The highest BCUT2D eigenvalue weighted by molar-refractivity contribution is 7.90. The van der Waals surface area contributed by atoms with Gasteiger partial charge in [0.25, 0.3) is 0 Å². The molecule has 0 saturated heterocycles. The van der Waals surface area contributed by atoms with Crippen LogP contribution in [0.5, 0.6) is 0 Å². The second-order valence-electron chi connectivity index (χ2n) is 4.66. The first-order valence-electron chi connectivity index (χ1n) is 6.40. The Balaban J connectivity index is 2.65. The van der Waals surface area contributed by atoms with Gasteiger partial charge in [0.15, 0.2) is 0 Å². The van der Waals surface area contributed by atoms with Crippen LogP contribution >= 0.6 is 0 Å². The summed E-state index contributed by atoms with van der Waals surface area (Å²) in [4.78, 5) is 11.6. The van der Waals surface area contributed by atoms with Crippen molar-refractivity contribution >= 4 is 15.9 Å². The minimum atomic E-state index is -3.17. The van der Waals surface area contributed by atoms with E-state index < -0.39 is 33.5 Å². The highest BCUT2D eigenvalue weighted by Gasteiger charge is 2.17. The Labute approximate surface area is 122 Å². The lowest BCUT2D eigenvalue weighted by atomic mass is 10.0. The van der Waals surface area contributed by atoms with Crippen LogP contribution in [0.2, 0.25) is 0 Å². The summed E-state index contributed by atoms with van der Waals surface area (Å²) in [7, 11) is -3.17. The smallest absolute Gasteiger partial charge is 0.315 e. The molecule has 0 saturated carbocycles. The van der Waals surface area contributed by atoms with Crippen molar-refractivity contribution in [3.05, 3.63) is 35.4 Å². The zero-order chi connectivity index (χ0) is 16.0. The molecule has 118 valence electrons. The molecule has 0 fully saturated rings. The van der Waals surface area contributed by atoms with Crippen LogP contribution in [-0.2, 0) is 9.84 Å². The highest BCUT2D eigenvalue weighted by Crippen LogP contribution is 2.20. The Morgan fingerprint density at radius 1 is 1.33 bits per heavy atom. The lowest BCUT2D eigenvalue weighted by molar-refractivity contribution is 0.237. The van der Waals surface area contributed by atoms with Gasteiger partial charge in [0.1, 0.15) is 21.5 Å². The Morgan fingerprint density at radius 2 is 2.00 bits per heavy atom. The molecule has 0 heterocycles. The van der Waals surface area contributed by atoms with Gasteiger partial charge in [-0.05, 0) is 24.6 Å². The predicted molar refractivity (Wildman–Crippen MR) is 75.6 cm³/mol. The molecule has 1 aromatic rings. The summed E-state index contributed by atoms with van der Waals surface area (Å²) >= 11 is 0. The number of halogens is 2. The Bertz CT molecular complexity index is 605. The van der Waals surface area contributed by atoms with Gasteiger partial charge in [-0.3, -0.25) is 0 Å². The molecule has 0 aliphatic rings. The summed E-state index contributed by atoms with van der Waals surface area (Å²) in [6, 6.07) is 1.70. The number of benzene rings is 1. The summed E-state index contributed by atoms with van der Waals surface area (Å²) in [5.41, 5.74) is 0.0516. The van der Waals surface area contributed by atoms with Crippen molar-refractivity contribution in [3.63, 3.8) is 0 Å². The zero-order valence-corrected chi connectivity index (χ0v) is 12.6. The molecule has 0 unspecified atom stereocenters. The molecule has 2 N–H and O–H groups in total. The molecular formula is C13H18F2N2O3S. The average molecular weight is 320 g/mol. The van der Waals surface area contributed by atoms with Gasteiger partial charge < -0.3 is 10.6 Å². The molecule has 0 bridgehead atoms. The number of hydrogen-bond donors (Lipinski definition) is 2. The number of carbonyl (C=O) groups excluding carboxylic acids is 1. The maximum absolute atomic E-state index is 13.6. The molecule has 0 spiro atoms. The molecule has 0 aromatic heterocycles. The van der Waals surface area contributed by atoms with E-state index in [2.05, 4.69) is 10.6 Å². The molecule has 21 heavy (non-hydrogen) atoms. The number of sulfone groups is 1. The third kappa shape index (κ3) is 6.07. The first-order chi connectivity index (χ1) is 9.73. The van der Waals surface area contributed by atoms with Gasteiger partial charge in [-0.1, -0.05) is 6.92 Å². The van der Waals surface area contributed by atoms with E-state index in [4.69, 9.17) is 0 Å². The Hall–Kier alpha value is -1.70. The zero-order valence-electron chi connectivity index (χ0n) is 11.8. The fourth-order valence-corrected chi connectivity index (χ4v) is 2.21. The second kappa shape index (κ2) is 7.35. The van der Waals surface area contributed by atoms with Crippen molar-refractivity contribution in [2.24, 2.45) is 0 Å². The molecule has 0 radical (unpaired) electrons. The van der Waals surface area contributed by atoms with E-state index in [-0.39, 0.29) is 17.9 Å². The van der Waals surface area contributed by atoms with Crippen molar-refractivity contribution in [3.8, 4) is 0 Å². The first kappa shape index (κ1) is 17.4. The first-order valence-corrected chi connectivity index (χ1v) is 8.46. The van der Waals surface area contributed by atoms with E-state index in [1.807, 2.05) is 0 Å². The molecule has 0 aliphatic heterocycles. The average Bonchev–Trinajstić information content (AvgIpc) is 2.37. The number of nitrogens with one attached hydrogen (secondary N) is 2. The monoisotopic (exact) mass is 320 g/mol. The Morgan fingerprint density at radius 3 is 2.57 bits per heavy atom. The number of rotatable bonds is 6. The van der Waals surface area contributed by atoms with E-state index in [1.165, 1.54) is 0 Å². The quantitative estimate of drug-likeness (QED) is 0.838. The lowest BCUT2D eigenvalue weighted by Crippen LogP contribution is -2.40. The maximum Gasteiger partial charge on any atom is 0.315 e. The molecule has 0 aliphatic carbocycles. The maximum atomic E-state index is 13.6. The largest absolute Gasteiger partial charge is 0.337 e. The van der Waals surface area contributed by atoms with Crippen LogP contribution < -0.4 is 10.6 Å². The van der Waals surface area contributed by atoms with Crippen LogP contribution in [0.1, 0.15) is 24.9 Å². The van der Waals surface area contributed by atoms with Gasteiger partial charge in [0.05, 0.1) is 11.8 Å². The normalized spacial score (nSPS) is 12.8. The van der Waals surface area contributed by atoms with Crippen LogP contribution in [0.15, 0.2) is 18.2 Å². The summed E-state index contributed by atoms with van der Waals surface area (Å²) in [6.07, 6.45) is 1.42. The third-order valence-electron chi connectivity index (χ3n) is 2.81. The van der Waals surface area contributed by atoms with Crippen molar-refractivity contribution in [1.82, 2.24) is 10.6 Å². The summed E-state index contributed by atoms with van der Waals surface area (Å²) in [5.74, 6) is -1.39. The fourth-order valence-electron chi connectivity index (χ4n) is 1.74. The second-order valence-corrected chi connectivity index (χ2v) is 6.92. The van der Waals surface area contributed by atoms with E-state index in [1.54, 1.807) is 6.92 Å². The van der Waals surface area contributed by atoms with Crippen molar-refractivity contribution < 1.29 is 22.0 Å². The van der Waals surface area contributed by atoms with E-state index in [0.29, 0.717) is 6.42 Å². The van der Waals surface area contributed by atoms with Gasteiger partial charge in [-0.2, -0.15) is 0 Å². The Kier molecular flexibility index (Phi) is 6.07. The van der Waals surface area contributed by atoms with Crippen molar-refractivity contribution in [2.75, 3.05) is 18.6 Å². The van der Waals surface area contributed by atoms with Crippen LogP contribution in [0.25, 0.3) is 0 Å². The number of hydrogen-bond acceptors (Lipinski definition) is 3. The van der Waals surface area contributed by atoms with Crippen molar-refractivity contribution in [2.45, 2.75) is 19.4 Å². The molecule has 5 nitrogen and oxygen atoms in total. The van der Waals surface area contributed by atoms with Gasteiger partial charge in [-0.25, -0.2) is 22.0 Å². The standard InChI is InChI=1S/C13H18F2N2O3S/c1-3-12(10-8-9(14)4-5-11(10)15)17-13(18)16-6-7-21(2,19)20/h4-5,8,12H,3,6-7H2,1-2H3,(H2,16,17,18)/t12-/m0/s1. The minimum absolute atomic E-state index is 0.0489. The molecule has 1 aromatic carbocycles. The minimum Gasteiger partial charge on any atom is -0.337 e. The van der Waals surface area contributed by atoms with Crippen LogP contribution in [0.4, 0.5) is 13.6 Å². The topological polar surface area (TPSA) is 75.3 Å². The lowest BCUT2D eigenvalue weighted by Gasteiger charge is -2.18. The van der Waals surface area contributed by atoms with E-state index in [9.17, 15) is 22.0 Å². The van der Waals surface area contributed by atoms with Crippen LogP contribution in [0.3, 0.4) is 0 Å². The number of urea groups is 1. The molecule has 2 amide bonds. The van der Waals surface area contributed by atoms with Gasteiger partial charge in [0, 0.05) is 18.4 Å². The van der Waals surface area contributed by atoms with Crippen molar-refractivity contribution in [1.29, 1.82) is 0 Å². The van der Waals surface area contributed by atoms with Gasteiger partial charge in [0.2, 0.25) is 0 Å². The summed E-state index contributed by atoms with van der Waals surface area (Å²) in [5, 5.41) is 4.85. The van der Waals surface area contributed by atoms with Gasteiger partial charge >= 0.3 is 6.03 Å². The fraction of sp³-hybridized carbons (Fsp3) is 0.462. The van der Waals surface area contributed by atoms with E-state index >= 15 is 0 Å². The van der Waals surface area contributed by atoms with Crippen LogP contribution in [0, 0.1) is 11.6 Å². The number of amides is 2. The predicted octanol–water partition coefficient (Wildman–Crippen LogP) is 1.76. The van der Waals surface area contributed by atoms with Gasteiger partial charge in [-0.15, -0.1) is 0 Å². The molecule has 8 heteroatoms. The molecular weight excluding hydrogens is 302 g/mol. The van der Waals surface area contributed by atoms with Crippen LogP contribution in [-0.4, -0.2) is 33.0 Å². The summed E-state index contributed by atoms with van der Waals surface area (Å²) in [6.45, 7) is 1.67. The van der Waals surface area contributed by atoms with E-state index in [0.717, 1.165) is 24.5 Å². The molecule has 1 atom stereocenters. The SMILES string of the molecule is CC[C@H](NC(=O)NCCS(C)(=O)=O)c1cc(F)ccc1F. The molecule has 1 rings (SSSR count). The summed E-state index contributed by atoms with van der Waals surface area (Å²) < 4.78 is 48.7. The highest BCUT2D eigenvalue weighted by atomic mass is 32.2. The number of carbonyl (C=O) groups is 1. The third-order valence-corrected chi connectivity index (χ3v) is 3.75.